The van der Waals surface area contributed by atoms with Crippen LogP contribution in [-0.2, 0) is 0 Å². The largest absolute Gasteiger partial charge is 0.311 e. The molecule has 0 aliphatic heterocycles. The maximum absolute atomic E-state index is 2.38. The van der Waals surface area contributed by atoms with Crippen LogP contribution >= 0.6 is 22.7 Å². The van der Waals surface area contributed by atoms with E-state index in [0.717, 1.165) is 90.8 Å². The molecule has 4 heterocycles. The summed E-state index contributed by atoms with van der Waals surface area (Å²) in [7, 11) is 0. The van der Waals surface area contributed by atoms with E-state index in [9.17, 15) is 0 Å². The van der Waals surface area contributed by atoms with Crippen molar-refractivity contribution in [3.63, 3.8) is 0 Å². The molecule has 6 nitrogen and oxygen atoms in total. The van der Waals surface area contributed by atoms with Crippen LogP contribution in [0.2, 0.25) is 0 Å². The number of benzene rings is 16. The van der Waals surface area contributed by atoms with Gasteiger partial charge in [0, 0.05) is 121 Å². The Morgan fingerprint density at radius 2 is 0.321 bits per heavy atom. The molecule has 20 rings (SSSR count). The lowest BCUT2D eigenvalue weighted by atomic mass is 10.0. The van der Waals surface area contributed by atoms with E-state index in [-0.39, 0.29) is 0 Å². The molecule has 8 heteroatoms. The maximum Gasteiger partial charge on any atom is 0.0541 e. The zero-order valence-electron chi connectivity index (χ0n) is 61.1. The van der Waals surface area contributed by atoms with Gasteiger partial charge >= 0.3 is 0 Å². The average Bonchev–Trinajstić information content (AvgIpc) is 1.71. The normalized spacial score (nSPS) is 11.4. The number of hydrogen-bond acceptors (Lipinski definition) is 6. The van der Waals surface area contributed by atoms with Gasteiger partial charge in [0.05, 0.1) is 22.1 Å². The zero-order chi connectivity index (χ0) is 74.3. The fraction of sp³-hybridized carbons (Fsp3) is 0. The van der Waals surface area contributed by atoms with Crippen molar-refractivity contribution in [2.45, 2.75) is 0 Å². The molecule has 0 aliphatic rings. The molecule has 0 bridgehead atoms. The molecular formula is C104H72N6S2. The summed E-state index contributed by atoms with van der Waals surface area (Å²) < 4.78 is 4.77. The third-order valence-corrected chi connectivity index (χ3v) is 23.8. The summed E-state index contributed by atoms with van der Waals surface area (Å²) in [6.45, 7) is 0. The van der Waals surface area contributed by atoms with Gasteiger partial charge in [-0.15, -0.1) is 22.7 Å². The minimum absolute atomic E-state index is 1.03. The van der Waals surface area contributed by atoms with Crippen LogP contribution < -0.4 is 19.6 Å². The van der Waals surface area contributed by atoms with Crippen molar-refractivity contribution < 1.29 is 0 Å². The van der Waals surface area contributed by atoms with Gasteiger partial charge in [-0.1, -0.05) is 218 Å². The monoisotopic (exact) mass is 1470 g/mol. The molecule has 530 valence electrons. The van der Waals surface area contributed by atoms with Gasteiger partial charge < -0.3 is 28.7 Å². The first kappa shape index (κ1) is 67.1. The first-order chi connectivity index (χ1) is 55.5. The number of thiophene rings is 2. The van der Waals surface area contributed by atoms with Crippen LogP contribution in [0.25, 0.3) is 108 Å². The van der Waals surface area contributed by atoms with Crippen molar-refractivity contribution in [1.29, 1.82) is 0 Å². The van der Waals surface area contributed by atoms with Crippen molar-refractivity contribution >= 4 is 135 Å². The number of para-hydroxylation sites is 6. The molecule has 0 fully saturated rings. The maximum atomic E-state index is 2.38. The first-order valence-corrected chi connectivity index (χ1v) is 39.6. The quantitative estimate of drug-likeness (QED) is 0.0805. The van der Waals surface area contributed by atoms with E-state index in [4.69, 9.17) is 0 Å². The Kier molecular flexibility index (Phi) is 17.6. The van der Waals surface area contributed by atoms with Gasteiger partial charge in [0.25, 0.3) is 0 Å². The minimum Gasteiger partial charge on any atom is -0.311 e. The van der Waals surface area contributed by atoms with Crippen LogP contribution in [0, 0.1) is 0 Å². The molecule has 0 spiro atoms. The van der Waals surface area contributed by atoms with Crippen molar-refractivity contribution in [3.05, 3.63) is 437 Å². The summed E-state index contributed by atoms with van der Waals surface area (Å²) in [5.74, 6) is 0. The summed E-state index contributed by atoms with van der Waals surface area (Å²) in [5, 5.41) is 4.95. The van der Waals surface area contributed by atoms with Crippen molar-refractivity contribution in [2.24, 2.45) is 0 Å². The van der Waals surface area contributed by atoms with Gasteiger partial charge in [-0.2, -0.15) is 0 Å². The Bertz CT molecular complexity index is 6160. The molecule has 0 atom stereocenters. The Morgan fingerprint density at radius 1 is 0.143 bits per heavy atom. The Morgan fingerprint density at radius 3 is 0.571 bits per heavy atom. The topological polar surface area (TPSA) is 22.8 Å². The van der Waals surface area contributed by atoms with Crippen molar-refractivity contribution in [3.8, 4) is 64.3 Å². The summed E-state index contributed by atoms with van der Waals surface area (Å²) in [6.07, 6.45) is 0. The molecule has 0 saturated carbocycles. The standard InChI is InChI=1S/C104H72N6S2/c1-5-21-75(22-6-1)101-69-71-103(111-101)77-41-49-83(50-42-77)105(79-25-9-3-10-26-79)85-53-57-87(58-54-85)107(89-61-65-91(66-62-89)109-97-33-17-13-29-93(97)94-30-14-18-34-98(94)109)81-45-37-73(38-46-81)74-39-47-82(48-40-74)108(90-63-67-92(68-64-90)110-99-35-19-15-31-95(99)96-32-16-20-36-100(96)110)88-59-55-86(56-60-88)106(80-27-11-4-12-28-80)84-51-43-78(44-52-84)104-72-70-102(112-104)76-23-7-2-8-24-76/h1-72H. The Balaban J connectivity index is 0.638. The molecule has 16 aromatic carbocycles. The fourth-order valence-electron chi connectivity index (χ4n) is 16.0. The van der Waals surface area contributed by atoms with E-state index < -0.39 is 0 Å². The van der Waals surface area contributed by atoms with Crippen molar-refractivity contribution in [1.82, 2.24) is 9.13 Å². The van der Waals surface area contributed by atoms with E-state index >= 15 is 0 Å². The highest BCUT2D eigenvalue weighted by Crippen LogP contribution is 2.46. The van der Waals surface area contributed by atoms with Crippen LogP contribution in [0.5, 0.6) is 0 Å². The van der Waals surface area contributed by atoms with Crippen LogP contribution in [0.15, 0.2) is 437 Å². The van der Waals surface area contributed by atoms with Gasteiger partial charge in [0.2, 0.25) is 0 Å². The van der Waals surface area contributed by atoms with E-state index in [1.165, 1.54) is 85.4 Å². The highest BCUT2D eigenvalue weighted by atomic mass is 32.1. The first-order valence-electron chi connectivity index (χ1n) is 37.9. The average molecular weight is 1470 g/mol. The smallest absolute Gasteiger partial charge is 0.0541 e. The number of aromatic nitrogens is 2. The minimum atomic E-state index is 1.03. The molecule has 4 aromatic heterocycles. The second kappa shape index (κ2) is 29.4. The summed E-state index contributed by atoms with van der Waals surface area (Å²) in [4.78, 5) is 14.4. The highest BCUT2D eigenvalue weighted by molar-refractivity contribution is 7.19. The van der Waals surface area contributed by atoms with Gasteiger partial charge in [-0.25, -0.2) is 0 Å². The summed E-state index contributed by atoms with van der Waals surface area (Å²) in [6, 6.07) is 159. The lowest BCUT2D eigenvalue weighted by molar-refractivity contribution is 1.17. The lowest BCUT2D eigenvalue weighted by Crippen LogP contribution is -2.12. The highest BCUT2D eigenvalue weighted by Gasteiger charge is 2.23. The molecule has 0 saturated heterocycles. The predicted octanol–water partition coefficient (Wildman–Crippen LogP) is 30.2. The van der Waals surface area contributed by atoms with Gasteiger partial charge in [-0.05, 0) is 252 Å². The molecule has 20 aromatic rings. The fourth-order valence-corrected chi connectivity index (χ4v) is 18.0. The summed E-state index contributed by atoms with van der Waals surface area (Å²) in [5.41, 5.74) is 26.6. The van der Waals surface area contributed by atoms with Gasteiger partial charge in [0.1, 0.15) is 0 Å². The van der Waals surface area contributed by atoms with Crippen molar-refractivity contribution in [2.75, 3.05) is 19.6 Å². The molecule has 0 amide bonds. The number of nitrogens with zero attached hydrogens (tertiary/aromatic N) is 6. The lowest BCUT2D eigenvalue weighted by Gasteiger charge is -2.29. The van der Waals surface area contributed by atoms with Crippen LogP contribution in [0.1, 0.15) is 0 Å². The Hall–Kier alpha value is -14.3. The molecule has 0 N–H and O–H groups in total. The zero-order valence-corrected chi connectivity index (χ0v) is 62.7. The molecular weight excluding hydrogens is 1400 g/mol. The van der Waals surface area contributed by atoms with Gasteiger partial charge in [0.15, 0.2) is 0 Å². The third-order valence-electron chi connectivity index (χ3n) is 21.4. The van der Waals surface area contributed by atoms with E-state index in [0.29, 0.717) is 0 Å². The van der Waals surface area contributed by atoms with E-state index in [1.54, 1.807) is 0 Å². The number of anilines is 12. The van der Waals surface area contributed by atoms with E-state index in [1.807, 2.05) is 22.7 Å². The number of rotatable bonds is 19. The molecule has 0 radical (unpaired) electrons. The second-order valence-corrected chi connectivity index (χ2v) is 30.2. The summed E-state index contributed by atoms with van der Waals surface area (Å²) >= 11 is 3.65. The molecule has 112 heavy (non-hydrogen) atoms. The Labute approximate surface area is 659 Å². The number of hydrogen-bond donors (Lipinski definition) is 0. The van der Waals surface area contributed by atoms with Crippen LogP contribution in [0.4, 0.5) is 68.2 Å². The molecule has 0 unspecified atom stereocenters. The number of fused-ring (bicyclic) bond motifs is 6. The van der Waals surface area contributed by atoms with E-state index in [2.05, 4.69) is 466 Å². The molecule has 0 aliphatic carbocycles. The van der Waals surface area contributed by atoms with Crippen LogP contribution in [-0.4, -0.2) is 9.13 Å². The predicted molar refractivity (Wildman–Crippen MR) is 477 cm³/mol. The van der Waals surface area contributed by atoms with Crippen LogP contribution in [0.3, 0.4) is 0 Å². The van der Waals surface area contributed by atoms with Gasteiger partial charge in [-0.3, -0.25) is 0 Å². The SMILES string of the molecule is c1ccc(-c2ccc(-c3ccc(N(c4ccccc4)c4ccc(N(c5ccc(-c6ccc(N(c7ccc(N(c8ccccc8)c8ccc(-c9ccc(-c%10ccccc%10)s9)cc8)cc7)c7ccc(-n8c9ccccc9c9ccccc98)cc7)cc6)cc5)c5ccc(-n6c7ccccc7c7ccccc76)cc5)cc4)cc3)s2)cc1. The second-order valence-electron chi connectivity index (χ2n) is 28.1. The third kappa shape index (κ3) is 12.7.